The summed E-state index contributed by atoms with van der Waals surface area (Å²) in [6.07, 6.45) is 7.39. The lowest BCUT2D eigenvalue weighted by molar-refractivity contribution is -0.135. The zero-order valence-corrected chi connectivity index (χ0v) is 19.3. The van der Waals surface area contributed by atoms with Crippen molar-refractivity contribution in [3.8, 4) is 0 Å². The molecular weight excluding hydrogens is 410 g/mol. The van der Waals surface area contributed by atoms with Crippen molar-refractivity contribution in [2.24, 2.45) is 5.41 Å². The number of hydrogen-bond acceptors (Lipinski definition) is 7. The molecule has 2 aromatic rings. The number of allylic oxidation sites excluding steroid dienone is 1. The maximum atomic E-state index is 13.0. The van der Waals surface area contributed by atoms with Crippen molar-refractivity contribution in [3.63, 3.8) is 0 Å². The molecule has 2 aromatic heterocycles. The summed E-state index contributed by atoms with van der Waals surface area (Å²) in [7, 11) is 1.19. The Bertz CT molecular complexity index is 1050. The van der Waals surface area contributed by atoms with E-state index in [1.807, 2.05) is 6.08 Å². The quantitative estimate of drug-likeness (QED) is 0.267. The topological polar surface area (TPSA) is 90.2 Å². The number of fused-ring (bicyclic) bond motifs is 1. The van der Waals surface area contributed by atoms with Gasteiger partial charge in [-0.1, -0.05) is 13.0 Å². The number of carbonyl (C=O) groups excluding carboxylic acids is 3. The Hall–Kier alpha value is -3.16. The zero-order chi connectivity index (χ0) is 23.5. The van der Waals surface area contributed by atoms with Gasteiger partial charge in [-0.2, -0.15) is 0 Å². The van der Waals surface area contributed by atoms with E-state index in [0.29, 0.717) is 30.1 Å². The molecule has 0 amide bonds. The number of hydrogen-bond donors (Lipinski definition) is 0. The minimum atomic E-state index is -0.924. The largest absolute Gasteiger partial charge is 0.463 e. The average Bonchev–Trinajstić information content (AvgIpc) is 3.20. The van der Waals surface area contributed by atoms with E-state index >= 15 is 0 Å². The zero-order valence-electron chi connectivity index (χ0n) is 19.3. The summed E-state index contributed by atoms with van der Waals surface area (Å²) in [6, 6.07) is 1.69. The van der Waals surface area contributed by atoms with E-state index in [1.54, 1.807) is 30.5 Å². The summed E-state index contributed by atoms with van der Waals surface area (Å²) in [5.41, 5.74) is 1.73. The molecule has 0 aliphatic carbocycles. The smallest absolute Gasteiger partial charge is 0.379 e. The second-order valence-electron chi connectivity index (χ2n) is 8.55. The summed E-state index contributed by atoms with van der Waals surface area (Å²) in [5.74, 6) is -1.61. The van der Waals surface area contributed by atoms with Gasteiger partial charge in [0.1, 0.15) is 11.5 Å². The van der Waals surface area contributed by atoms with E-state index in [0.717, 1.165) is 25.7 Å². The molecule has 32 heavy (non-hydrogen) atoms. The minimum absolute atomic E-state index is 0.156. The highest BCUT2D eigenvalue weighted by molar-refractivity contribution is 6.42. The number of aryl methyl sites for hydroxylation is 1. The van der Waals surface area contributed by atoms with Crippen molar-refractivity contribution in [1.29, 1.82) is 0 Å². The Balaban J connectivity index is 2.10. The number of Topliss-reactive ketones (excluding diaryl/α,β-unsaturated/α-hetero) is 1. The summed E-state index contributed by atoms with van der Waals surface area (Å²) in [5, 5.41) is 0. The summed E-state index contributed by atoms with van der Waals surface area (Å²) in [6.45, 7) is 11.2. The van der Waals surface area contributed by atoms with Gasteiger partial charge in [-0.05, 0) is 56.6 Å². The molecule has 1 saturated heterocycles. The van der Waals surface area contributed by atoms with Gasteiger partial charge in [0.2, 0.25) is 0 Å². The molecule has 1 aliphatic rings. The Kier molecular flexibility index (Phi) is 7.01. The highest BCUT2D eigenvalue weighted by Gasteiger charge is 2.34. The molecule has 172 valence electrons. The first kappa shape index (κ1) is 23.5. The number of aromatic nitrogens is 2. The lowest BCUT2D eigenvalue weighted by atomic mass is 9.76. The van der Waals surface area contributed by atoms with Crippen molar-refractivity contribution in [1.82, 2.24) is 9.38 Å². The third-order valence-corrected chi connectivity index (χ3v) is 6.23. The molecule has 1 fully saturated rings. The Morgan fingerprint density at radius 3 is 2.56 bits per heavy atom. The van der Waals surface area contributed by atoms with Crippen molar-refractivity contribution >= 4 is 29.2 Å². The van der Waals surface area contributed by atoms with Crippen molar-refractivity contribution in [3.05, 3.63) is 41.7 Å². The van der Waals surface area contributed by atoms with Gasteiger partial charge in [-0.3, -0.25) is 9.20 Å². The normalized spacial score (nSPS) is 15.4. The standard InChI is InChI=1S/C24H31N3O5/c1-6-8-9-24(4)10-12-26(13-11-24)21-19(20(28)23(30)31-5)16(3)14-18-25-17(15-27(18)21)22(29)32-7-2/h6,14-15H,1,7-13H2,2-5H3. The van der Waals surface area contributed by atoms with Crippen LogP contribution in [0.15, 0.2) is 24.9 Å². The van der Waals surface area contributed by atoms with Crippen LogP contribution in [0.4, 0.5) is 5.82 Å². The lowest BCUT2D eigenvalue weighted by Crippen LogP contribution is -2.40. The van der Waals surface area contributed by atoms with E-state index in [4.69, 9.17) is 9.47 Å². The van der Waals surface area contributed by atoms with Crippen molar-refractivity contribution in [2.45, 2.75) is 46.5 Å². The summed E-state index contributed by atoms with van der Waals surface area (Å²) in [4.78, 5) is 43.9. The Morgan fingerprint density at radius 1 is 1.28 bits per heavy atom. The fourth-order valence-corrected chi connectivity index (χ4v) is 4.28. The number of ether oxygens (including phenoxy) is 2. The summed E-state index contributed by atoms with van der Waals surface area (Å²) < 4.78 is 11.5. The molecule has 0 unspecified atom stereocenters. The molecule has 3 heterocycles. The van der Waals surface area contributed by atoms with E-state index in [2.05, 4.69) is 23.4 Å². The van der Waals surface area contributed by atoms with Crippen LogP contribution in [-0.2, 0) is 14.3 Å². The molecule has 3 rings (SSSR count). The molecule has 0 bridgehead atoms. The maximum Gasteiger partial charge on any atom is 0.379 e. The van der Waals surface area contributed by atoms with Gasteiger partial charge in [0.25, 0.3) is 5.78 Å². The number of rotatable bonds is 8. The number of pyridine rings is 1. The molecule has 0 atom stereocenters. The van der Waals surface area contributed by atoms with E-state index < -0.39 is 17.7 Å². The number of nitrogens with zero attached hydrogens (tertiary/aromatic N) is 3. The van der Waals surface area contributed by atoms with Crippen LogP contribution in [0.1, 0.15) is 65.9 Å². The SMILES string of the molecule is C=CCCC1(C)CCN(c2c(C(=O)C(=O)OC)c(C)cc3nc(C(=O)OCC)cn23)CC1. The molecule has 0 radical (unpaired) electrons. The molecule has 8 heteroatoms. The average molecular weight is 442 g/mol. The van der Waals surface area contributed by atoms with Crippen LogP contribution >= 0.6 is 0 Å². The number of methoxy groups -OCH3 is 1. The molecule has 1 aliphatic heterocycles. The van der Waals surface area contributed by atoms with Crippen molar-refractivity contribution < 1.29 is 23.9 Å². The lowest BCUT2D eigenvalue weighted by Gasteiger charge is -2.41. The van der Waals surface area contributed by atoms with E-state index in [1.165, 1.54) is 7.11 Å². The maximum absolute atomic E-state index is 13.0. The third-order valence-electron chi connectivity index (χ3n) is 6.23. The predicted molar refractivity (Wildman–Crippen MR) is 121 cm³/mol. The molecular formula is C24H31N3O5. The van der Waals surface area contributed by atoms with Crippen LogP contribution in [0.2, 0.25) is 0 Å². The number of anilines is 1. The fourth-order valence-electron chi connectivity index (χ4n) is 4.28. The predicted octanol–water partition coefficient (Wildman–Crippen LogP) is 3.75. The van der Waals surface area contributed by atoms with E-state index in [-0.39, 0.29) is 23.3 Å². The third kappa shape index (κ3) is 4.54. The second-order valence-corrected chi connectivity index (χ2v) is 8.55. The van der Waals surface area contributed by atoms with Gasteiger partial charge >= 0.3 is 11.9 Å². The van der Waals surface area contributed by atoms with Crippen LogP contribution in [0, 0.1) is 12.3 Å². The molecule has 8 nitrogen and oxygen atoms in total. The van der Waals surface area contributed by atoms with Gasteiger partial charge in [0.05, 0.1) is 19.3 Å². The van der Waals surface area contributed by atoms with Gasteiger partial charge < -0.3 is 14.4 Å². The number of imidazole rings is 1. The highest BCUT2D eigenvalue weighted by atomic mass is 16.5. The number of carbonyl (C=O) groups is 3. The van der Waals surface area contributed by atoms with Crippen LogP contribution in [0.3, 0.4) is 0 Å². The molecule has 0 spiro atoms. The second kappa shape index (κ2) is 9.54. The number of esters is 2. The highest BCUT2D eigenvalue weighted by Crippen LogP contribution is 2.38. The monoisotopic (exact) mass is 441 g/mol. The van der Waals surface area contributed by atoms with Crippen molar-refractivity contribution in [2.75, 3.05) is 31.7 Å². The first-order chi connectivity index (χ1) is 15.2. The Morgan fingerprint density at radius 2 is 1.97 bits per heavy atom. The van der Waals surface area contributed by atoms with Crippen LogP contribution in [0.25, 0.3) is 5.65 Å². The first-order valence-electron chi connectivity index (χ1n) is 10.9. The summed E-state index contributed by atoms with van der Waals surface area (Å²) >= 11 is 0. The van der Waals surface area contributed by atoms with Gasteiger partial charge in [-0.15, -0.1) is 6.58 Å². The Labute approximate surface area is 188 Å². The number of piperidine rings is 1. The van der Waals surface area contributed by atoms with Crippen LogP contribution in [-0.4, -0.2) is 53.9 Å². The number of ketones is 1. The van der Waals surface area contributed by atoms with Gasteiger partial charge in [0, 0.05) is 19.3 Å². The molecule has 0 aromatic carbocycles. The minimum Gasteiger partial charge on any atom is -0.463 e. The van der Waals surface area contributed by atoms with Gasteiger partial charge in [-0.25, -0.2) is 14.6 Å². The fraction of sp³-hybridized carbons (Fsp3) is 0.500. The first-order valence-corrected chi connectivity index (χ1v) is 10.9. The van der Waals surface area contributed by atoms with Crippen LogP contribution in [0.5, 0.6) is 0 Å². The van der Waals surface area contributed by atoms with Crippen LogP contribution < -0.4 is 4.90 Å². The molecule has 0 saturated carbocycles. The van der Waals surface area contributed by atoms with E-state index in [9.17, 15) is 14.4 Å². The van der Waals surface area contributed by atoms with Gasteiger partial charge in [0.15, 0.2) is 5.69 Å². The molecule has 0 N–H and O–H groups in total.